The van der Waals surface area contributed by atoms with Crippen LogP contribution in [0.2, 0.25) is 0 Å². The number of thiazole rings is 1. The summed E-state index contributed by atoms with van der Waals surface area (Å²) < 4.78 is 42.4. The number of hydrogen-bond acceptors (Lipinski definition) is 5. The number of ether oxygens (including phenoxy) is 1. The Labute approximate surface area is 156 Å². The summed E-state index contributed by atoms with van der Waals surface area (Å²) in [4.78, 5) is 20.2. The number of carbonyl (C=O) groups excluding carboxylic acids is 1. The molecule has 0 saturated heterocycles. The van der Waals surface area contributed by atoms with E-state index in [4.69, 9.17) is 4.74 Å². The summed E-state index contributed by atoms with van der Waals surface area (Å²) in [6, 6.07) is 9.55. The Morgan fingerprint density at radius 2 is 2.04 bits per heavy atom. The zero-order valence-corrected chi connectivity index (χ0v) is 14.7. The van der Waals surface area contributed by atoms with Gasteiger partial charge in [-0.3, -0.25) is 10.1 Å². The van der Waals surface area contributed by atoms with Gasteiger partial charge in [-0.15, -0.1) is 11.3 Å². The number of hydrogen-bond donors (Lipinski definition) is 1. The van der Waals surface area contributed by atoms with Gasteiger partial charge in [0.2, 0.25) is 0 Å². The van der Waals surface area contributed by atoms with Gasteiger partial charge in [-0.1, -0.05) is 24.3 Å². The van der Waals surface area contributed by atoms with E-state index in [1.807, 2.05) is 0 Å². The topological polar surface area (TPSA) is 64.1 Å². The van der Waals surface area contributed by atoms with Gasteiger partial charge in [0, 0.05) is 10.9 Å². The molecule has 2 heterocycles. The highest BCUT2D eigenvalue weighted by Crippen LogP contribution is 2.28. The zero-order chi connectivity index (χ0) is 19.2. The number of halogens is 3. The van der Waals surface area contributed by atoms with Crippen LogP contribution < -0.4 is 5.32 Å². The normalized spacial score (nSPS) is 11.0. The molecule has 0 fully saturated rings. The number of pyridine rings is 1. The van der Waals surface area contributed by atoms with Gasteiger partial charge in [-0.05, 0) is 17.7 Å². The number of nitrogens with zero attached hydrogens (tertiary/aromatic N) is 2. The molecule has 0 aliphatic heterocycles. The highest BCUT2D eigenvalue weighted by Gasteiger charge is 2.13. The van der Waals surface area contributed by atoms with Crippen LogP contribution in [-0.2, 0) is 11.3 Å². The second kappa shape index (κ2) is 8.74. The second-order valence-corrected chi connectivity index (χ2v) is 6.28. The SMILES string of the molecule is O=C(Nc1nc(-c2ccccc2COCC(F)F)cs1)c1ccc(F)cn1. The summed E-state index contributed by atoms with van der Waals surface area (Å²) in [6.07, 6.45) is -1.57. The highest BCUT2D eigenvalue weighted by molar-refractivity contribution is 7.14. The Morgan fingerprint density at radius 3 is 2.78 bits per heavy atom. The van der Waals surface area contributed by atoms with Crippen LogP contribution in [0.1, 0.15) is 16.1 Å². The maximum atomic E-state index is 12.9. The number of amides is 1. The number of nitrogens with one attached hydrogen (secondary N) is 1. The van der Waals surface area contributed by atoms with Gasteiger partial charge in [0.05, 0.1) is 18.5 Å². The van der Waals surface area contributed by atoms with E-state index < -0.39 is 24.8 Å². The first kappa shape index (κ1) is 19.0. The van der Waals surface area contributed by atoms with Crippen LogP contribution in [0.5, 0.6) is 0 Å². The maximum absolute atomic E-state index is 12.9. The Balaban J connectivity index is 1.72. The van der Waals surface area contributed by atoms with Crippen molar-refractivity contribution in [1.29, 1.82) is 0 Å². The fraction of sp³-hybridized carbons (Fsp3) is 0.167. The summed E-state index contributed by atoms with van der Waals surface area (Å²) in [5.74, 6) is -1.04. The average molecular weight is 393 g/mol. The third-order valence-corrected chi connectivity index (χ3v) is 4.24. The van der Waals surface area contributed by atoms with Crippen molar-refractivity contribution < 1.29 is 22.7 Å². The lowest BCUT2D eigenvalue weighted by Crippen LogP contribution is -2.13. The predicted molar refractivity (Wildman–Crippen MR) is 95.4 cm³/mol. The van der Waals surface area contributed by atoms with Crippen LogP contribution in [0, 0.1) is 5.82 Å². The Bertz CT molecular complexity index is 916. The molecule has 0 aliphatic rings. The fourth-order valence-corrected chi connectivity index (χ4v) is 2.99. The number of carbonyl (C=O) groups is 1. The number of alkyl halides is 2. The minimum absolute atomic E-state index is 0.0270. The van der Waals surface area contributed by atoms with Crippen molar-refractivity contribution in [3.05, 3.63) is 65.0 Å². The number of aromatic nitrogens is 2. The van der Waals surface area contributed by atoms with Crippen molar-refractivity contribution in [2.24, 2.45) is 0 Å². The molecule has 1 amide bonds. The molecule has 9 heteroatoms. The first-order chi connectivity index (χ1) is 13.0. The molecular formula is C18H14F3N3O2S. The molecule has 0 unspecified atom stereocenters. The van der Waals surface area contributed by atoms with E-state index in [0.717, 1.165) is 17.8 Å². The van der Waals surface area contributed by atoms with Crippen molar-refractivity contribution in [1.82, 2.24) is 9.97 Å². The van der Waals surface area contributed by atoms with Gasteiger partial charge in [-0.25, -0.2) is 23.1 Å². The predicted octanol–water partition coefficient (Wildman–Crippen LogP) is 4.38. The van der Waals surface area contributed by atoms with E-state index >= 15 is 0 Å². The summed E-state index contributed by atoms with van der Waals surface area (Å²) in [5.41, 5.74) is 2.08. The summed E-state index contributed by atoms with van der Waals surface area (Å²) in [6.45, 7) is -0.614. The summed E-state index contributed by atoms with van der Waals surface area (Å²) in [7, 11) is 0. The highest BCUT2D eigenvalue weighted by atomic mass is 32.1. The van der Waals surface area contributed by atoms with Crippen LogP contribution in [0.15, 0.2) is 48.0 Å². The van der Waals surface area contributed by atoms with E-state index in [2.05, 4.69) is 15.3 Å². The lowest BCUT2D eigenvalue weighted by Gasteiger charge is -2.08. The molecule has 27 heavy (non-hydrogen) atoms. The lowest BCUT2D eigenvalue weighted by atomic mass is 10.1. The van der Waals surface area contributed by atoms with Crippen molar-refractivity contribution in [3.63, 3.8) is 0 Å². The standard InChI is InChI=1S/C18H14F3N3O2S/c19-12-5-6-14(22-7-12)17(25)24-18-23-15(10-27-18)13-4-2-1-3-11(13)8-26-9-16(20)21/h1-7,10,16H,8-9H2,(H,23,24,25). The smallest absolute Gasteiger partial charge is 0.276 e. The van der Waals surface area contributed by atoms with Crippen LogP contribution in [0.3, 0.4) is 0 Å². The van der Waals surface area contributed by atoms with Gasteiger partial charge in [-0.2, -0.15) is 0 Å². The van der Waals surface area contributed by atoms with E-state index in [1.54, 1.807) is 29.6 Å². The van der Waals surface area contributed by atoms with Crippen LogP contribution in [0.25, 0.3) is 11.3 Å². The number of rotatable bonds is 7. The molecule has 0 aliphatic carbocycles. The maximum Gasteiger partial charge on any atom is 0.276 e. The van der Waals surface area contributed by atoms with E-state index in [1.165, 1.54) is 17.4 Å². The molecule has 3 aromatic rings. The Hall–Kier alpha value is -2.78. The zero-order valence-electron chi connectivity index (χ0n) is 13.9. The first-order valence-electron chi connectivity index (χ1n) is 7.85. The number of anilines is 1. The molecule has 0 spiro atoms. The summed E-state index contributed by atoms with van der Waals surface area (Å²) in [5, 5.41) is 4.67. The number of benzene rings is 1. The third-order valence-electron chi connectivity index (χ3n) is 3.48. The van der Waals surface area contributed by atoms with Gasteiger partial charge in [0.15, 0.2) is 5.13 Å². The largest absolute Gasteiger partial charge is 0.371 e. The van der Waals surface area contributed by atoms with E-state index in [9.17, 15) is 18.0 Å². The van der Waals surface area contributed by atoms with E-state index in [0.29, 0.717) is 16.4 Å². The third kappa shape index (κ3) is 5.11. The monoisotopic (exact) mass is 393 g/mol. The molecule has 0 bridgehead atoms. The molecule has 0 radical (unpaired) electrons. The molecular weight excluding hydrogens is 379 g/mol. The molecule has 5 nitrogen and oxygen atoms in total. The van der Waals surface area contributed by atoms with Crippen LogP contribution >= 0.6 is 11.3 Å². The van der Waals surface area contributed by atoms with Gasteiger partial charge >= 0.3 is 0 Å². The lowest BCUT2D eigenvalue weighted by molar-refractivity contribution is 0.0100. The van der Waals surface area contributed by atoms with Gasteiger partial charge < -0.3 is 4.74 Å². The average Bonchev–Trinajstić information content (AvgIpc) is 3.10. The van der Waals surface area contributed by atoms with Crippen molar-refractivity contribution in [2.75, 3.05) is 11.9 Å². The Kier molecular flexibility index (Phi) is 6.15. The Morgan fingerprint density at radius 1 is 1.22 bits per heavy atom. The van der Waals surface area contributed by atoms with Crippen LogP contribution in [0.4, 0.5) is 18.3 Å². The van der Waals surface area contributed by atoms with Crippen molar-refractivity contribution in [2.45, 2.75) is 13.0 Å². The van der Waals surface area contributed by atoms with Crippen molar-refractivity contribution >= 4 is 22.4 Å². The van der Waals surface area contributed by atoms with Gasteiger partial charge in [0.1, 0.15) is 18.1 Å². The minimum atomic E-state index is -2.53. The van der Waals surface area contributed by atoms with E-state index in [-0.39, 0.29) is 12.3 Å². The summed E-state index contributed by atoms with van der Waals surface area (Å²) >= 11 is 1.20. The molecule has 0 atom stereocenters. The second-order valence-electron chi connectivity index (χ2n) is 5.42. The minimum Gasteiger partial charge on any atom is -0.371 e. The van der Waals surface area contributed by atoms with Gasteiger partial charge in [0.25, 0.3) is 12.3 Å². The molecule has 3 rings (SSSR count). The molecule has 0 saturated carbocycles. The molecule has 2 aromatic heterocycles. The fourth-order valence-electron chi connectivity index (χ4n) is 2.28. The molecule has 1 N–H and O–H groups in total. The van der Waals surface area contributed by atoms with Crippen LogP contribution in [-0.4, -0.2) is 28.9 Å². The molecule has 1 aromatic carbocycles. The quantitative estimate of drug-likeness (QED) is 0.647. The molecule has 140 valence electrons. The first-order valence-corrected chi connectivity index (χ1v) is 8.73. The van der Waals surface area contributed by atoms with Crippen molar-refractivity contribution in [3.8, 4) is 11.3 Å².